The molecule has 0 bridgehead atoms. The normalized spacial score (nSPS) is 8.46. The first-order chi connectivity index (χ1) is 5.68. The zero-order valence-corrected chi connectivity index (χ0v) is 7.03. The molecule has 0 aliphatic rings. The van der Waals surface area contributed by atoms with E-state index in [1.807, 2.05) is 19.1 Å². The minimum absolute atomic E-state index is 0. The van der Waals surface area contributed by atoms with Crippen LogP contribution in [0.25, 0.3) is 0 Å². The average Bonchev–Trinajstić information content (AvgIpc) is 2.03. The van der Waals surface area contributed by atoms with Gasteiger partial charge >= 0.3 is 35.5 Å². The molecule has 0 radical (unpaired) electrons. The molecule has 3 nitrogen and oxygen atoms in total. The van der Waals surface area contributed by atoms with Gasteiger partial charge in [0, 0.05) is 6.92 Å². The summed E-state index contributed by atoms with van der Waals surface area (Å²) < 4.78 is 0. The number of aryl methyl sites for hydroxylation is 1. The maximum absolute atomic E-state index is 10.3. The summed E-state index contributed by atoms with van der Waals surface area (Å²) in [5.41, 5.74) is 1.13. The van der Waals surface area contributed by atoms with Crippen LogP contribution in [0.1, 0.15) is 12.5 Å². The molecule has 0 fully saturated rings. The molecule has 0 unspecified atom stereocenters. The van der Waals surface area contributed by atoms with E-state index < -0.39 is 5.97 Å². The predicted octanol–water partition coefficient (Wildman–Crippen LogP) is 1.20. The van der Waals surface area contributed by atoms with Crippen LogP contribution in [0.15, 0.2) is 24.3 Å². The van der Waals surface area contributed by atoms with E-state index in [9.17, 15) is 4.79 Å². The van der Waals surface area contributed by atoms with Gasteiger partial charge in [0.15, 0.2) is 5.75 Å². The van der Waals surface area contributed by atoms with Gasteiger partial charge in [-0.1, -0.05) is 17.7 Å². The molecule has 0 aromatic heterocycles. The Morgan fingerprint density at radius 3 is 2.23 bits per heavy atom. The van der Waals surface area contributed by atoms with Crippen molar-refractivity contribution >= 4 is 35.5 Å². The molecule has 0 saturated carbocycles. The molecular formula is C9H11NaO3. The zero-order valence-electron chi connectivity index (χ0n) is 7.03. The van der Waals surface area contributed by atoms with Crippen molar-refractivity contribution in [3.05, 3.63) is 29.8 Å². The summed E-state index contributed by atoms with van der Waals surface area (Å²) >= 11 is 0. The SMILES string of the molecule is CC(=O)OOc1ccc(C)cc1.[NaH]. The van der Waals surface area contributed by atoms with Crippen LogP contribution in [-0.4, -0.2) is 35.5 Å². The van der Waals surface area contributed by atoms with Crippen LogP contribution < -0.4 is 4.89 Å². The Kier molecular flexibility index (Phi) is 5.79. The Hall–Kier alpha value is -0.510. The van der Waals surface area contributed by atoms with Gasteiger partial charge in [0.25, 0.3) is 0 Å². The summed E-state index contributed by atoms with van der Waals surface area (Å²) in [5.74, 6) is 0.0615. The predicted molar refractivity (Wildman–Crippen MR) is 50.7 cm³/mol. The second-order valence-corrected chi connectivity index (χ2v) is 2.47. The number of rotatable bonds is 2. The van der Waals surface area contributed by atoms with Crippen LogP contribution in [0.3, 0.4) is 0 Å². The number of hydrogen-bond acceptors (Lipinski definition) is 3. The first kappa shape index (κ1) is 12.5. The van der Waals surface area contributed by atoms with E-state index in [1.165, 1.54) is 6.92 Å². The van der Waals surface area contributed by atoms with E-state index in [0.717, 1.165) is 5.56 Å². The molecule has 0 heterocycles. The van der Waals surface area contributed by atoms with Gasteiger partial charge in [-0.05, 0) is 19.1 Å². The van der Waals surface area contributed by atoms with Crippen LogP contribution >= 0.6 is 0 Å². The van der Waals surface area contributed by atoms with Gasteiger partial charge in [0.1, 0.15) is 0 Å². The van der Waals surface area contributed by atoms with Crippen molar-refractivity contribution in [1.29, 1.82) is 0 Å². The minimum atomic E-state index is -0.462. The first-order valence-corrected chi connectivity index (χ1v) is 3.60. The molecule has 66 valence electrons. The fourth-order valence-electron chi connectivity index (χ4n) is 0.701. The second-order valence-electron chi connectivity index (χ2n) is 2.47. The molecule has 1 aromatic carbocycles. The van der Waals surface area contributed by atoms with E-state index in [1.54, 1.807) is 12.1 Å². The van der Waals surface area contributed by atoms with E-state index in [2.05, 4.69) is 9.78 Å². The summed E-state index contributed by atoms with van der Waals surface area (Å²) in [6.45, 7) is 3.25. The third-order valence-electron chi connectivity index (χ3n) is 1.28. The summed E-state index contributed by atoms with van der Waals surface area (Å²) in [7, 11) is 0. The van der Waals surface area contributed by atoms with E-state index >= 15 is 0 Å². The van der Waals surface area contributed by atoms with E-state index in [0.29, 0.717) is 5.75 Å². The van der Waals surface area contributed by atoms with E-state index in [4.69, 9.17) is 0 Å². The van der Waals surface area contributed by atoms with Crippen molar-refractivity contribution in [2.75, 3.05) is 0 Å². The van der Waals surface area contributed by atoms with Crippen LogP contribution in [-0.2, 0) is 9.68 Å². The van der Waals surface area contributed by atoms with Gasteiger partial charge in [-0.15, -0.1) is 0 Å². The van der Waals surface area contributed by atoms with Crippen molar-refractivity contribution in [3.63, 3.8) is 0 Å². The molecule has 13 heavy (non-hydrogen) atoms. The number of benzene rings is 1. The Morgan fingerprint density at radius 1 is 1.23 bits per heavy atom. The zero-order chi connectivity index (χ0) is 8.97. The summed E-state index contributed by atoms with van der Waals surface area (Å²) in [5, 5.41) is 0. The Bertz CT molecular complexity index is 269. The molecule has 0 N–H and O–H groups in total. The van der Waals surface area contributed by atoms with Gasteiger partial charge in [-0.25, -0.2) is 4.79 Å². The van der Waals surface area contributed by atoms with Crippen molar-refractivity contribution in [3.8, 4) is 5.75 Å². The molecule has 0 saturated heterocycles. The Morgan fingerprint density at radius 2 is 1.77 bits per heavy atom. The van der Waals surface area contributed by atoms with Crippen LogP contribution in [0.2, 0.25) is 0 Å². The molecular weight excluding hydrogens is 179 g/mol. The van der Waals surface area contributed by atoms with Crippen LogP contribution in [0, 0.1) is 6.92 Å². The monoisotopic (exact) mass is 190 g/mol. The Labute approximate surface area is 99.3 Å². The van der Waals surface area contributed by atoms with Crippen molar-refractivity contribution in [1.82, 2.24) is 0 Å². The summed E-state index contributed by atoms with van der Waals surface area (Å²) in [6, 6.07) is 7.22. The first-order valence-electron chi connectivity index (χ1n) is 3.60. The fourth-order valence-corrected chi connectivity index (χ4v) is 0.701. The van der Waals surface area contributed by atoms with Crippen molar-refractivity contribution in [2.45, 2.75) is 13.8 Å². The van der Waals surface area contributed by atoms with Gasteiger partial charge in [-0.3, -0.25) is 9.78 Å². The Balaban J connectivity index is 0.00000144. The fraction of sp³-hybridized carbons (Fsp3) is 0.222. The van der Waals surface area contributed by atoms with E-state index in [-0.39, 0.29) is 29.6 Å². The number of hydrogen-bond donors (Lipinski definition) is 0. The number of carbonyl (C=O) groups excluding carboxylic acids is 1. The second kappa shape index (κ2) is 6.02. The third kappa shape index (κ3) is 4.93. The van der Waals surface area contributed by atoms with Gasteiger partial charge in [0.05, 0.1) is 0 Å². The molecule has 0 atom stereocenters. The van der Waals surface area contributed by atoms with Crippen LogP contribution in [0.4, 0.5) is 0 Å². The third-order valence-corrected chi connectivity index (χ3v) is 1.28. The molecule has 1 rings (SSSR count). The maximum atomic E-state index is 10.3. The molecule has 0 spiro atoms. The standard InChI is InChI=1S/C9H10O3.Na.H/c1-7-3-5-9(6-4-7)12-11-8(2)10;;/h3-6H,1-2H3;;. The molecule has 0 aliphatic carbocycles. The summed E-state index contributed by atoms with van der Waals surface area (Å²) in [4.78, 5) is 19.3. The topological polar surface area (TPSA) is 35.5 Å². The van der Waals surface area contributed by atoms with Gasteiger partial charge in [0.2, 0.25) is 0 Å². The summed E-state index contributed by atoms with van der Waals surface area (Å²) in [6.07, 6.45) is 0. The molecule has 0 aliphatic heterocycles. The number of carbonyl (C=O) groups is 1. The van der Waals surface area contributed by atoms with Crippen LogP contribution in [0.5, 0.6) is 5.75 Å². The van der Waals surface area contributed by atoms with Gasteiger partial charge < -0.3 is 0 Å². The molecule has 4 heteroatoms. The van der Waals surface area contributed by atoms with Gasteiger partial charge in [-0.2, -0.15) is 0 Å². The van der Waals surface area contributed by atoms with Crippen molar-refractivity contribution < 1.29 is 14.6 Å². The quantitative estimate of drug-likeness (QED) is 0.399. The molecule has 0 amide bonds. The van der Waals surface area contributed by atoms with Crippen molar-refractivity contribution in [2.24, 2.45) is 0 Å². The average molecular weight is 190 g/mol. The molecule has 1 aromatic rings.